The van der Waals surface area contributed by atoms with E-state index in [4.69, 9.17) is 20.6 Å². The summed E-state index contributed by atoms with van der Waals surface area (Å²) in [4.78, 5) is 72.3. The highest BCUT2D eigenvalue weighted by molar-refractivity contribution is 6.38. The molecule has 0 aromatic rings. The number of aliphatic carboxylic acids is 2. The van der Waals surface area contributed by atoms with Gasteiger partial charge >= 0.3 is 19.5 Å². The number of ether oxygens (including phenoxy) is 2. The predicted molar refractivity (Wildman–Crippen MR) is 175 cm³/mol. The topological polar surface area (TPSA) is 352 Å². The van der Waals surface area contributed by atoms with E-state index in [9.17, 15) is 59.4 Å². The Morgan fingerprint density at radius 3 is 1.78 bits per heavy atom. The molecule has 0 saturated carbocycles. The molecule has 0 aliphatic heterocycles. The Morgan fingerprint density at radius 2 is 1.35 bits per heavy atom. The van der Waals surface area contributed by atoms with Crippen LogP contribution in [0.1, 0.15) is 33.1 Å². The molecule has 51 heavy (non-hydrogen) atoms. The van der Waals surface area contributed by atoms with Gasteiger partial charge in [-0.15, -0.1) is 0 Å². The van der Waals surface area contributed by atoms with E-state index in [-0.39, 0.29) is 24.0 Å². The normalized spacial score (nSPS) is 21.7. The van der Waals surface area contributed by atoms with Crippen molar-refractivity contribution in [1.29, 1.82) is 5.41 Å². The van der Waals surface area contributed by atoms with Crippen molar-refractivity contribution < 1.29 is 68.9 Å². The van der Waals surface area contributed by atoms with Crippen molar-refractivity contribution >= 4 is 49.1 Å². The summed E-state index contributed by atoms with van der Waals surface area (Å²) < 4.78 is 11.2. The molecular formula is C29H46BN7O14. The third-order valence-corrected chi connectivity index (χ3v) is 8.19. The predicted octanol–water partition coefficient (Wildman–Crippen LogP) is -5.72. The largest absolute Gasteiger partial charge is 0.478 e. The average molecular weight is 728 g/mol. The Kier molecular flexibility index (Phi) is 16.9. The number of nitrogens with one attached hydrogen (secondary N) is 6. The first-order valence-corrected chi connectivity index (χ1v) is 15.9. The van der Waals surface area contributed by atoms with Crippen LogP contribution in [-0.2, 0) is 38.2 Å². The molecule has 0 bridgehead atoms. The Bertz CT molecular complexity index is 1360. The van der Waals surface area contributed by atoms with Gasteiger partial charge < -0.3 is 72.3 Å². The summed E-state index contributed by atoms with van der Waals surface area (Å²) in [5.74, 6) is -7.20. The zero-order valence-corrected chi connectivity index (χ0v) is 28.0. The molecule has 9 atom stereocenters. The highest BCUT2D eigenvalue weighted by atomic mass is 16.5. The molecule has 4 amide bonds. The van der Waals surface area contributed by atoms with Gasteiger partial charge in [0.2, 0.25) is 23.6 Å². The van der Waals surface area contributed by atoms with Crippen LogP contribution in [0.5, 0.6) is 0 Å². The fourth-order valence-electron chi connectivity index (χ4n) is 5.96. The molecule has 284 valence electrons. The smallest absolute Gasteiger partial charge is 0.355 e. The minimum absolute atomic E-state index is 0.0747. The minimum Gasteiger partial charge on any atom is -0.478 e. The van der Waals surface area contributed by atoms with Crippen molar-refractivity contribution in [2.75, 3.05) is 26.4 Å². The lowest BCUT2D eigenvalue weighted by molar-refractivity contribution is -0.135. The molecule has 0 unspecified atom stereocenters. The molecule has 0 radical (unpaired) electrons. The quantitative estimate of drug-likeness (QED) is 0.0298. The average Bonchev–Trinajstić information content (AvgIpc) is 3.71. The second kappa shape index (κ2) is 20.3. The maximum atomic E-state index is 12.6. The maximum Gasteiger partial charge on any atom is 0.355 e. The van der Waals surface area contributed by atoms with Gasteiger partial charge in [0, 0.05) is 49.3 Å². The first-order valence-electron chi connectivity index (χ1n) is 15.9. The number of rotatable bonds is 21. The van der Waals surface area contributed by atoms with Crippen molar-refractivity contribution in [2.45, 2.75) is 75.7 Å². The lowest BCUT2D eigenvalue weighted by Crippen LogP contribution is -2.58. The molecule has 2 aliphatic rings. The Labute approximate surface area is 292 Å². The van der Waals surface area contributed by atoms with Gasteiger partial charge in [0.25, 0.3) is 0 Å². The maximum absolute atomic E-state index is 12.6. The second-order valence-corrected chi connectivity index (χ2v) is 12.0. The van der Waals surface area contributed by atoms with Gasteiger partial charge in [0.1, 0.15) is 37.6 Å². The first-order chi connectivity index (χ1) is 24.0. The molecule has 14 N–H and O–H groups in total. The van der Waals surface area contributed by atoms with Gasteiger partial charge in [-0.2, -0.15) is 0 Å². The molecule has 0 aromatic carbocycles. The van der Waals surface area contributed by atoms with Crippen molar-refractivity contribution in [1.82, 2.24) is 26.4 Å². The van der Waals surface area contributed by atoms with Crippen molar-refractivity contribution in [2.24, 2.45) is 17.6 Å². The zero-order valence-electron chi connectivity index (χ0n) is 28.0. The zero-order chi connectivity index (χ0) is 38.4. The van der Waals surface area contributed by atoms with E-state index < -0.39 is 130 Å². The van der Waals surface area contributed by atoms with Gasteiger partial charge in [-0.1, -0.05) is 12.2 Å². The summed E-state index contributed by atoms with van der Waals surface area (Å²) in [5, 5.41) is 79.1. The van der Waals surface area contributed by atoms with E-state index >= 15 is 0 Å². The number of aliphatic hydroxyl groups is 4. The molecule has 2 aliphatic carbocycles. The molecule has 0 spiro atoms. The summed E-state index contributed by atoms with van der Waals surface area (Å²) in [6.45, 7) is -0.821. The number of nitrogens with two attached hydrogens (primary N) is 1. The summed E-state index contributed by atoms with van der Waals surface area (Å²) in [6.07, 6.45) is -2.97. The molecule has 0 fully saturated rings. The first kappa shape index (κ1) is 42.6. The van der Waals surface area contributed by atoms with Gasteiger partial charge in [0.15, 0.2) is 5.96 Å². The van der Waals surface area contributed by atoms with Crippen LogP contribution in [-0.4, -0.2) is 149 Å². The highest BCUT2D eigenvalue weighted by Crippen LogP contribution is 2.31. The van der Waals surface area contributed by atoms with E-state index in [0.29, 0.717) is 6.42 Å². The number of amides is 4. The van der Waals surface area contributed by atoms with Crippen molar-refractivity contribution in [3.05, 3.63) is 23.3 Å². The van der Waals surface area contributed by atoms with Crippen molar-refractivity contribution in [3.63, 3.8) is 0 Å². The fraction of sp³-hybridized carbons (Fsp3) is 0.621. The van der Waals surface area contributed by atoms with Crippen LogP contribution in [0.25, 0.3) is 0 Å². The number of carbonyl (C=O) groups is 6. The fourth-order valence-corrected chi connectivity index (χ4v) is 5.96. The van der Waals surface area contributed by atoms with Crippen LogP contribution in [0.4, 0.5) is 0 Å². The van der Waals surface area contributed by atoms with Gasteiger partial charge in [-0.05, 0) is 12.8 Å². The lowest BCUT2D eigenvalue weighted by atomic mass is 9.88. The summed E-state index contributed by atoms with van der Waals surface area (Å²) in [5.41, 5.74) is 5.48. The number of hydrogen-bond acceptors (Lipinski definition) is 13. The third kappa shape index (κ3) is 13.2. The van der Waals surface area contributed by atoms with Crippen molar-refractivity contribution in [3.8, 4) is 0 Å². The number of carbonyl (C=O) groups excluding carboxylic acids is 4. The summed E-state index contributed by atoms with van der Waals surface area (Å²) in [6, 6.07) is -3.06. The SMILES string of the molecule is CC(=O)N[C@H]([C@@H](OCC(=O)NBNC(=O)CO[C@H]([C@@H](NC(C)=O)[C@@H]1C=C(C(=O)O)C[C@H]1NC(=N)N)[C@@H](O)CO)[C@@H](O)CO)[C@@H]1C=C(C(=O)O)CC1. The Hall–Kier alpha value is -4.61. The lowest BCUT2D eigenvalue weighted by Gasteiger charge is -2.36. The Balaban J connectivity index is 2.05. The summed E-state index contributed by atoms with van der Waals surface area (Å²) in [7, 11) is -0.472. The number of hydrogen-bond donors (Lipinski definition) is 13. The Morgan fingerprint density at radius 1 is 0.863 bits per heavy atom. The molecule has 21 nitrogen and oxygen atoms in total. The molecule has 0 saturated heterocycles. The van der Waals surface area contributed by atoms with E-state index in [2.05, 4.69) is 26.4 Å². The van der Waals surface area contributed by atoms with Crippen LogP contribution in [0.3, 0.4) is 0 Å². The van der Waals surface area contributed by atoms with Gasteiger partial charge in [0.05, 0.1) is 25.3 Å². The molecular weight excluding hydrogens is 681 g/mol. The van der Waals surface area contributed by atoms with Crippen LogP contribution in [0.15, 0.2) is 23.3 Å². The van der Waals surface area contributed by atoms with Gasteiger partial charge in [-0.25, -0.2) is 9.59 Å². The molecule has 0 heterocycles. The highest BCUT2D eigenvalue weighted by Gasteiger charge is 2.43. The van der Waals surface area contributed by atoms with Crippen LogP contribution in [0.2, 0.25) is 0 Å². The van der Waals surface area contributed by atoms with E-state index in [1.165, 1.54) is 19.1 Å². The third-order valence-electron chi connectivity index (χ3n) is 8.19. The minimum atomic E-state index is -1.68. The number of aliphatic hydroxyl groups excluding tert-OH is 4. The molecule has 0 aromatic heterocycles. The van der Waals surface area contributed by atoms with E-state index in [1.807, 2.05) is 0 Å². The van der Waals surface area contributed by atoms with E-state index in [1.54, 1.807) is 0 Å². The van der Waals surface area contributed by atoms with Crippen LogP contribution in [0, 0.1) is 17.2 Å². The number of carboxylic acid groups (broad SMARTS) is 2. The number of guanidine groups is 1. The van der Waals surface area contributed by atoms with Crippen LogP contribution >= 0.6 is 0 Å². The number of carboxylic acids is 2. The van der Waals surface area contributed by atoms with E-state index in [0.717, 1.165) is 6.92 Å². The standard InChI is InChI=1S/C29H46BN7O14/c1-12(40)33-23(14-3-4-15(5-14)27(46)47)25(19(42)8-38)50-10-21(44)36-30-37-22(45)11-51-26(20(43)9-39)24(34-13(2)41)17-6-16(28(48)49)7-18(17)35-29(31)32/h5-6,14,17-20,23-26,30,38-39,42-43H,3-4,7-11H2,1-2H3,(H,33,40)(H,34,41)(H,36,44)(H,37,45)(H,46,47)(H,48,49)(H4,31,32,35)/t14-,17+,18+,19-,20-,23-,24-,25-,26-/m0/s1. The summed E-state index contributed by atoms with van der Waals surface area (Å²) >= 11 is 0. The monoisotopic (exact) mass is 727 g/mol. The second-order valence-electron chi connectivity index (χ2n) is 12.0. The molecule has 22 heteroatoms. The molecule has 2 rings (SSSR count). The van der Waals surface area contributed by atoms with Gasteiger partial charge in [-0.3, -0.25) is 24.6 Å². The van der Waals surface area contributed by atoms with Crippen LogP contribution < -0.4 is 32.1 Å².